The molecule has 2 atom stereocenters. The summed E-state index contributed by atoms with van der Waals surface area (Å²) in [5.41, 5.74) is 0.502. The summed E-state index contributed by atoms with van der Waals surface area (Å²) in [6.45, 7) is 11.9. The van der Waals surface area contributed by atoms with Crippen LogP contribution in [0.4, 0.5) is 0 Å². The summed E-state index contributed by atoms with van der Waals surface area (Å²) in [6, 6.07) is 8.22. The van der Waals surface area contributed by atoms with Crippen molar-refractivity contribution in [3.63, 3.8) is 0 Å². The van der Waals surface area contributed by atoms with Crippen LogP contribution in [0.2, 0.25) is 0 Å². The molecule has 2 aromatic rings. The van der Waals surface area contributed by atoms with Crippen molar-refractivity contribution < 1.29 is 19.7 Å². The molecule has 2 unspecified atom stereocenters. The maximum absolute atomic E-state index is 9.75. The first-order valence-corrected chi connectivity index (χ1v) is 14.0. The quantitative estimate of drug-likeness (QED) is 0.261. The van der Waals surface area contributed by atoms with Crippen LogP contribution in [-0.2, 0) is 5.41 Å². The van der Waals surface area contributed by atoms with E-state index in [0.717, 1.165) is 29.0 Å². The molecule has 4 nitrogen and oxygen atoms in total. The van der Waals surface area contributed by atoms with Gasteiger partial charge in [0.2, 0.25) is 0 Å². The van der Waals surface area contributed by atoms with Crippen LogP contribution < -0.4 is 9.47 Å². The summed E-state index contributed by atoms with van der Waals surface area (Å²) in [5.74, 6) is 1.34. The zero-order valence-electron chi connectivity index (χ0n) is 19.9. The molecule has 0 aliphatic rings. The fourth-order valence-electron chi connectivity index (χ4n) is 3.13. The van der Waals surface area contributed by atoms with Crippen LogP contribution in [0, 0.1) is 0 Å². The van der Waals surface area contributed by atoms with Gasteiger partial charge >= 0.3 is 0 Å². The van der Waals surface area contributed by atoms with E-state index in [4.69, 9.17) is 9.47 Å². The number of hydrogen-bond acceptors (Lipinski definition) is 4. The van der Waals surface area contributed by atoms with E-state index >= 15 is 0 Å². The van der Waals surface area contributed by atoms with Gasteiger partial charge < -0.3 is 19.7 Å². The van der Waals surface area contributed by atoms with E-state index in [0.29, 0.717) is 24.3 Å². The van der Waals surface area contributed by atoms with Crippen LogP contribution in [0.5, 0.6) is 11.5 Å². The third-order valence-corrected chi connectivity index (χ3v) is 8.66. The fraction of sp³-hybridized carbons (Fsp3) is 0.520. The first-order chi connectivity index (χ1) is 15.3. The summed E-state index contributed by atoms with van der Waals surface area (Å²) in [7, 11) is 0. The number of hydrogen-bond donors (Lipinski definition) is 2. The molecule has 0 radical (unpaired) electrons. The van der Waals surface area contributed by atoms with Crippen LogP contribution >= 0.6 is 63.7 Å². The highest BCUT2D eigenvalue weighted by molar-refractivity contribution is 9.11. The highest BCUT2D eigenvalue weighted by atomic mass is 79.9. The molecule has 184 valence electrons. The lowest BCUT2D eigenvalue weighted by molar-refractivity contribution is 0.0207. The topological polar surface area (TPSA) is 58.9 Å². The predicted molar refractivity (Wildman–Crippen MR) is 149 cm³/mol. The standard InChI is InChI=1S/C25H32Br4O4/c1-7-24(5,13-30)32-21-17(26)9-15(10-18(21)27)23(3,4)16-11-19(28)22(20(29)12-16)33-25(6,8-2)14-31/h9-12,30-31H,7-8,13-14H2,1-6H3. The Bertz CT molecular complexity index is 859. The van der Waals surface area contributed by atoms with Crippen LogP contribution in [-0.4, -0.2) is 34.6 Å². The van der Waals surface area contributed by atoms with Crippen molar-refractivity contribution in [2.45, 2.75) is 71.0 Å². The molecule has 0 saturated heterocycles. The fourth-order valence-corrected chi connectivity index (χ4v) is 5.83. The number of aliphatic hydroxyl groups excluding tert-OH is 2. The first kappa shape index (κ1) is 29.1. The summed E-state index contributed by atoms with van der Waals surface area (Å²) >= 11 is 14.7. The molecule has 0 aliphatic carbocycles. The molecular formula is C25H32Br4O4. The predicted octanol–water partition coefficient (Wildman–Crippen LogP) is 8.14. The van der Waals surface area contributed by atoms with Gasteiger partial charge in [-0.05, 0) is 126 Å². The van der Waals surface area contributed by atoms with E-state index in [1.54, 1.807) is 0 Å². The lowest BCUT2D eigenvalue weighted by Gasteiger charge is -2.32. The van der Waals surface area contributed by atoms with Crippen LogP contribution in [0.25, 0.3) is 0 Å². The maximum atomic E-state index is 9.75. The molecule has 0 aromatic heterocycles. The summed E-state index contributed by atoms with van der Waals surface area (Å²) in [5, 5.41) is 19.5. The zero-order valence-corrected chi connectivity index (χ0v) is 26.2. The minimum atomic E-state index is -0.658. The summed E-state index contributed by atoms with van der Waals surface area (Å²) < 4.78 is 15.6. The van der Waals surface area contributed by atoms with Crippen LogP contribution in [0.1, 0.15) is 65.5 Å². The van der Waals surface area contributed by atoms with Gasteiger partial charge in [-0.1, -0.05) is 27.7 Å². The SMILES string of the molecule is CCC(C)(CO)Oc1c(Br)cc(C(C)(C)c2cc(Br)c(OC(C)(CC)CO)c(Br)c2)cc1Br. The number of benzene rings is 2. The van der Waals surface area contributed by atoms with Gasteiger partial charge in [-0.25, -0.2) is 0 Å². The molecule has 0 amide bonds. The Morgan fingerprint density at radius 1 is 0.636 bits per heavy atom. The van der Waals surface area contributed by atoms with Crippen molar-refractivity contribution in [3.8, 4) is 11.5 Å². The Labute approximate surface area is 231 Å². The van der Waals surface area contributed by atoms with E-state index < -0.39 is 11.2 Å². The lowest BCUT2D eigenvalue weighted by Crippen LogP contribution is -2.36. The van der Waals surface area contributed by atoms with Gasteiger partial charge in [0.05, 0.1) is 31.1 Å². The average Bonchev–Trinajstić information content (AvgIpc) is 2.78. The second kappa shape index (κ2) is 11.3. The maximum Gasteiger partial charge on any atom is 0.148 e. The average molecular weight is 716 g/mol. The Kier molecular flexibility index (Phi) is 9.96. The largest absolute Gasteiger partial charge is 0.483 e. The molecule has 2 N–H and O–H groups in total. The number of rotatable bonds is 10. The highest BCUT2D eigenvalue weighted by Gasteiger charge is 2.31. The Morgan fingerprint density at radius 2 is 0.909 bits per heavy atom. The van der Waals surface area contributed by atoms with Crippen molar-refractivity contribution in [2.24, 2.45) is 0 Å². The molecule has 0 aliphatic heterocycles. The van der Waals surface area contributed by atoms with Crippen LogP contribution in [0.3, 0.4) is 0 Å². The molecule has 2 rings (SSSR count). The molecule has 0 heterocycles. The third kappa shape index (κ3) is 6.56. The van der Waals surface area contributed by atoms with Crippen molar-refractivity contribution in [3.05, 3.63) is 53.3 Å². The number of ether oxygens (including phenoxy) is 2. The first-order valence-electron chi connectivity index (χ1n) is 10.8. The molecule has 0 saturated carbocycles. The Hall–Kier alpha value is -0.120. The second-order valence-corrected chi connectivity index (χ2v) is 12.7. The molecule has 8 heteroatoms. The monoisotopic (exact) mass is 712 g/mol. The van der Waals surface area contributed by atoms with Crippen molar-refractivity contribution in [1.82, 2.24) is 0 Å². The molecule has 0 spiro atoms. The van der Waals surface area contributed by atoms with Gasteiger partial charge in [0.25, 0.3) is 0 Å². The summed E-state index contributed by atoms with van der Waals surface area (Å²) in [6.07, 6.45) is 1.36. The Balaban J connectivity index is 2.48. The van der Waals surface area contributed by atoms with Crippen molar-refractivity contribution >= 4 is 63.7 Å². The molecule has 0 bridgehead atoms. The highest BCUT2D eigenvalue weighted by Crippen LogP contribution is 2.45. The summed E-state index contributed by atoms with van der Waals surface area (Å²) in [4.78, 5) is 0. The van der Waals surface area contributed by atoms with E-state index in [2.05, 4.69) is 102 Å². The molecule has 33 heavy (non-hydrogen) atoms. The minimum Gasteiger partial charge on any atom is -0.483 e. The lowest BCUT2D eigenvalue weighted by atomic mass is 9.78. The van der Waals surface area contributed by atoms with E-state index in [9.17, 15) is 10.2 Å². The van der Waals surface area contributed by atoms with Gasteiger partial charge in [0.15, 0.2) is 0 Å². The Morgan fingerprint density at radius 3 is 1.12 bits per heavy atom. The van der Waals surface area contributed by atoms with Gasteiger partial charge in [0, 0.05) is 5.41 Å². The number of halogens is 4. The van der Waals surface area contributed by atoms with E-state index in [1.807, 2.05) is 27.7 Å². The van der Waals surface area contributed by atoms with Gasteiger partial charge in [0.1, 0.15) is 22.7 Å². The normalized spacial score (nSPS) is 15.6. The van der Waals surface area contributed by atoms with Gasteiger partial charge in [-0.15, -0.1) is 0 Å². The smallest absolute Gasteiger partial charge is 0.148 e. The zero-order chi connectivity index (χ0) is 25.2. The molecular weight excluding hydrogens is 684 g/mol. The van der Waals surface area contributed by atoms with E-state index in [-0.39, 0.29) is 18.6 Å². The van der Waals surface area contributed by atoms with Gasteiger partial charge in [-0.2, -0.15) is 0 Å². The van der Waals surface area contributed by atoms with Crippen molar-refractivity contribution in [1.29, 1.82) is 0 Å². The molecule has 0 fully saturated rings. The molecule has 2 aromatic carbocycles. The van der Waals surface area contributed by atoms with E-state index in [1.165, 1.54) is 0 Å². The second-order valence-electron chi connectivity index (χ2n) is 9.29. The third-order valence-electron chi connectivity index (χ3n) is 6.30. The minimum absolute atomic E-state index is 0.0700. The van der Waals surface area contributed by atoms with Crippen LogP contribution in [0.15, 0.2) is 42.2 Å². The number of aliphatic hydroxyl groups is 2. The van der Waals surface area contributed by atoms with Gasteiger partial charge in [-0.3, -0.25) is 0 Å². The van der Waals surface area contributed by atoms with Crippen molar-refractivity contribution in [2.75, 3.05) is 13.2 Å².